The summed E-state index contributed by atoms with van der Waals surface area (Å²) in [4.78, 5) is 0. The Morgan fingerprint density at radius 3 is 1.62 bits per heavy atom. The van der Waals surface area contributed by atoms with E-state index in [1.807, 2.05) is 0 Å². The first kappa shape index (κ1) is 8.29. The Kier molecular flexibility index (Phi) is 7.56. The van der Waals surface area contributed by atoms with Crippen molar-refractivity contribution in [2.45, 2.75) is 19.3 Å². The zero-order valence-corrected chi connectivity index (χ0v) is 6.57. The molecule has 46 valence electrons. The Morgan fingerprint density at radius 1 is 1.00 bits per heavy atom. The van der Waals surface area contributed by atoms with Crippen molar-refractivity contribution in [3.63, 3.8) is 0 Å². The second kappa shape index (κ2) is 7.29. The third kappa shape index (κ3) is 4.45. The molecular weight excluding hydrogens is 117 g/mol. The molecule has 2 nitrogen and oxygen atoms in total. The van der Waals surface area contributed by atoms with E-state index in [0.29, 0.717) is 16.2 Å². The molecule has 0 bridgehead atoms. The van der Waals surface area contributed by atoms with E-state index in [1.54, 1.807) is 0 Å². The second-order valence-corrected chi connectivity index (χ2v) is 1.81. The summed E-state index contributed by atoms with van der Waals surface area (Å²) in [6.07, 6.45) is 4.22. The van der Waals surface area contributed by atoms with Crippen LogP contribution in [0.4, 0.5) is 0 Å². The minimum absolute atomic E-state index is 0.611. The van der Waals surface area contributed by atoms with Crippen molar-refractivity contribution in [1.82, 2.24) is 5.32 Å². The number of hydrogen-bond donors (Lipinski definition) is 1. The van der Waals surface area contributed by atoms with E-state index in [0.717, 1.165) is 0 Å². The van der Waals surface area contributed by atoms with Crippen LogP contribution in [0, 0.1) is 0 Å². The number of hydrogen-bond acceptors (Lipinski definition) is 2. The molecule has 1 aliphatic rings. The van der Waals surface area contributed by atoms with Gasteiger partial charge in [0, 0.05) is 0 Å². The van der Waals surface area contributed by atoms with Gasteiger partial charge in [0.1, 0.15) is 0 Å². The van der Waals surface area contributed by atoms with Crippen molar-refractivity contribution in [1.29, 1.82) is 0 Å². The third-order valence-corrected chi connectivity index (χ3v) is 1.21. The minimum atomic E-state index is 0.611. The average Bonchev–Trinajstić information content (AvgIpc) is 1.96. The van der Waals surface area contributed by atoms with E-state index < -0.39 is 0 Å². The summed E-state index contributed by atoms with van der Waals surface area (Å²) in [7, 11) is 0. The molecule has 1 fully saturated rings. The van der Waals surface area contributed by atoms with E-state index in [2.05, 4.69) is 5.32 Å². The molecule has 0 saturated carbocycles. The Morgan fingerprint density at radius 2 is 1.50 bits per heavy atom. The van der Waals surface area contributed by atoms with Gasteiger partial charge >= 0.3 is 20.0 Å². The van der Waals surface area contributed by atoms with Crippen LogP contribution in [0.5, 0.6) is 0 Å². The number of piperidine rings is 1. The van der Waals surface area contributed by atoms with Crippen molar-refractivity contribution in [2.24, 2.45) is 0 Å². The summed E-state index contributed by atoms with van der Waals surface area (Å²) in [6, 6.07) is 0. The van der Waals surface area contributed by atoms with Crippen LogP contribution in [0.1, 0.15) is 19.3 Å². The summed E-state index contributed by atoms with van der Waals surface area (Å²) in [5.74, 6) is 0. The van der Waals surface area contributed by atoms with E-state index in [9.17, 15) is 0 Å². The maximum atomic E-state index is 8.28. The van der Waals surface area contributed by atoms with Gasteiger partial charge in [-0.3, -0.25) is 0 Å². The van der Waals surface area contributed by atoms with Crippen LogP contribution in [0.3, 0.4) is 0 Å². The molecule has 1 N–H and O–H groups in total. The van der Waals surface area contributed by atoms with Gasteiger partial charge in [-0.15, -0.1) is 0 Å². The van der Waals surface area contributed by atoms with Crippen molar-refractivity contribution in [3.8, 4) is 0 Å². The van der Waals surface area contributed by atoms with Crippen molar-refractivity contribution in [2.75, 3.05) is 13.1 Å². The molecular formula is C5H12AlNO. The molecule has 0 spiro atoms. The summed E-state index contributed by atoms with van der Waals surface area (Å²) in [5.41, 5.74) is 0. The standard InChI is InChI=1S/C5H11N.Al.O.H/c1-2-4-6-5-3-1;;;/h6H,1-5H2;;;. The second-order valence-electron chi connectivity index (χ2n) is 1.81. The maximum absolute atomic E-state index is 8.28. The molecule has 1 aliphatic heterocycles. The Balaban J connectivity index is 0.000000222. The Bertz CT molecular complexity index is 36.2. The van der Waals surface area contributed by atoms with E-state index >= 15 is 0 Å². The van der Waals surface area contributed by atoms with E-state index in [-0.39, 0.29) is 0 Å². The molecule has 3 heteroatoms. The van der Waals surface area contributed by atoms with Crippen molar-refractivity contribution in [3.05, 3.63) is 0 Å². The van der Waals surface area contributed by atoms with Crippen LogP contribution in [0.25, 0.3) is 0 Å². The van der Waals surface area contributed by atoms with Crippen molar-refractivity contribution >= 4 is 16.2 Å². The topological polar surface area (TPSA) is 29.1 Å². The van der Waals surface area contributed by atoms with Crippen LogP contribution in [-0.2, 0) is 3.80 Å². The summed E-state index contributed by atoms with van der Waals surface area (Å²) >= 11 is 0.611. The van der Waals surface area contributed by atoms with Crippen LogP contribution in [0.15, 0.2) is 0 Å². The third-order valence-electron chi connectivity index (χ3n) is 1.21. The monoisotopic (exact) mass is 129 g/mol. The van der Waals surface area contributed by atoms with E-state index in [4.69, 9.17) is 3.80 Å². The van der Waals surface area contributed by atoms with Crippen LogP contribution >= 0.6 is 0 Å². The molecule has 1 heterocycles. The number of rotatable bonds is 0. The fourth-order valence-corrected chi connectivity index (χ4v) is 0.802. The summed E-state index contributed by atoms with van der Waals surface area (Å²) < 4.78 is 8.28. The first-order valence-corrected chi connectivity index (χ1v) is 3.57. The quantitative estimate of drug-likeness (QED) is 0.466. The van der Waals surface area contributed by atoms with Gasteiger partial charge < -0.3 is 5.32 Å². The Hall–Kier alpha value is 0.292. The molecule has 0 aliphatic carbocycles. The van der Waals surface area contributed by atoms with Gasteiger partial charge in [0.15, 0.2) is 0 Å². The molecule has 1 rings (SSSR count). The van der Waals surface area contributed by atoms with Gasteiger partial charge in [-0.2, -0.15) is 0 Å². The van der Waals surface area contributed by atoms with Gasteiger partial charge in [0.25, 0.3) is 0 Å². The summed E-state index contributed by atoms with van der Waals surface area (Å²) in [6.45, 7) is 2.50. The van der Waals surface area contributed by atoms with Gasteiger partial charge in [0.2, 0.25) is 0 Å². The predicted octanol–water partition coefficient (Wildman–Crippen LogP) is -0.00740. The number of nitrogens with one attached hydrogen (secondary N) is 1. The van der Waals surface area contributed by atoms with Crippen LogP contribution < -0.4 is 5.32 Å². The molecule has 0 atom stereocenters. The molecule has 1 saturated heterocycles. The zero-order chi connectivity index (χ0) is 6.24. The van der Waals surface area contributed by atoms with Crippen LogP contribution in [-0.4, -0.2) is 29.3 Å². The molecule has 0 aromatic rings. The molecule has 0 radical (unpaired) electrons. The summed E-state index contributed by atoms with van der Waals surface area (Å²) in [5, 5.41) is 3.28. The van der Waals surface area contributed by atoms with Crippen molar-refractivity contribution < 1.29 is 3.80 Å². The van der Waals surface area contributed by atoms with Gasteiger partial charge in [0.05, 0.1) is 0 Å². The zero-order valence-electron chi connectivity index (χ0n) is 5.15. The fraction of sp³-hybridized carbons (Fsp3) is 1.00. The molecule has 0 aromatic carbocycles. The average molecular weight is 129 g/mol. The SMILES string of the molecule is C1CCNCC1.[O]=[AlH]. The van der Waals surface area contributed by atoms with Gasteiger partial charge in [-0.1, -0.05) is 6.42 Å². The molecule has 0 unspecified atom stereocenters. The van der Waals surface area contributed by atoms with Gasteiger partial charge in [-0.05, 0) is 25.9 Å². The molecule has 8 heavy (non-hydrogen) atoms. The first-order chi connectivity index (χ1) is 4.00. The predicted molar refractivity (Wildman–Crippen MR) is 34.6 cm³/mol. The molecule has 0 aromatic heterocycles. The fourth-order valence-electron chi connectivity index (χ4n) is 0.802. The first-order valence-electron chi connectivity index (χ1n) is 3.00. The van der Waals surface area contributed by atoms with Gasteiger partial charge in [-0.25, -0.2) is 0 Å². The molecule has 0 amide bonds. The normalized spacial score (nSPS) is 18.4. The Labute approximate surface area is 58.3 Å². The van der Waals surface area contributed by atoms with E-state index in [1.165, 1.54) is 32.4 Å². The van der Waals surface area contributed by atoms with Crippen LogP contribution in [0.2, 0.25) is 0 Å².